The molecule has 0 fully saturated rings. The number of anilines is 1. The summed E-state index contributed by atoms with van der Waals surface area (Å²) in [6, 6.07) is 12.5. The average Bonchev–Trinajstić information content (AvgIpc) is 3.09. The maximum Gasteiger partial charge on any atom is 0.276 e. The van der Waals surface area contributed by atoms with Gasteiger partial charge in [0.15, 0.2) is 5.69 Å². The minimum absolute atomic E-state index is 0.110. The Morgan fingerprint density at radius 3 is 2.56 bits per heavy atom. The van der Waals surface area contributed by atoms with Crippen molar-refractivity contribution in [3.63, 3.8) is 0 Å². The third-order valence-corrected chi connectivity index (χ3v) is 3.86. The largest absolute Gasteiger partial charge is 0.497 e. The highest BCUT2D eigenvalue weighted by atomic mass is 16.5. The summed E-state index contributed by atoms with van der Waals surface area (Å²) in [5, 5.41) is 18.0. The molecule has 1 amide bonds. The first kappa shape index (κ1) is 17.9. The molecule has 3 aromatic rings. The molecule has 0 unspecified atom stereocenters. The summed E-state index contributed by atoms with van der Waals surface area (Å²) in [5.41, 5.74) is 13.7. The van der Waals surface area contributed by atoms with E-state index in [1.807, 2.05) is 18.2 Å². The van der Waals surface area contributed by atoms with Gasteiger partial charge in [-0.1, -0.05) is 12.1 Å². The number of hydrogen-bond donors (Lipinski definition) is 4. The zero-order valence-electron chi connectivity index (χ0n) is 14.9. The Morgan fingerprint density at radius 1 is 1.15 bits per heavy atom. The highest BCUT2D eigenvalue weighted by Crippen LogP contribution is 2.23. The number of aromatic nitrogens is 2. The topological polar surface area (TPSA) is 144 Å². The molecule has 0 radical (unpaired) electrons. The molecule has 0 saturated carbocycles. The van der Waals surface area contributed by atoms with E-state index in [0.717, 1.165) is 11.1 Å². The van der Waals surface area contributed by atoms with E-state index in [4.69, 9.17) is 16.2 Å². The van der Waals surface area contributed by atoms with Crippen molar-refractivity contribution in [1.82, 2.24) is 10.2 Å². The van der Waals surface area contributed by atoms with Gasteiger partial charge in [0.25, 0.3) is 5.91 Å². The lowest BCUT2D eigenvalue weighted by Crippen LogP contribution is -2.22. The van der Waals surface area contributed by atoms with Crippen LogP contribution in [0.5, 0.6) is 5.75 Å². The third-order valence-electron chi connectivity index (χ3n) is 3.86. The smallest absolute Gasteiger partial charge is 0.276 e. The van der Waals surface area contributed by atoms with Gasteiger partial charge in [0.2, 0.25) is 5.96 Å². The minimum atomic E-state index is -0.326. The van der Waals surface area contributed by atoms with Gasteiger partial charge in [-0.3, -0.25) is 9.89 Å². The lowest BCUT2D eigenvalue weighted by atomic mass is 10.1. The van der Waals surface area contributed by atoms with Gasteiger partial charge in [-0.25, -0.2) is 0 Å². The van der Waals surface area contributed by atoms with E-state index in [-0.39, 0.29) is 11.9 Å². The van der Waals surface area contributed by atoms with Crippen LogP contribution in [-0.4, -0.2) is 34.9 Å². The predicted octanol–water partition coefficient (Wildman–Crippen LogP) is 1.82. The fraction of sp³-hybridized carbons (Fsp3) is 0.111. The molecule has 1 heterocycles. The van der Waals surface area contributed by atoms with Crippen LogP contribution in [0, 0.1) is 0 Å². The van der Waals surface area contributed by atoms with E-state index in [2.05, 4.69) is 25.7 Å². The molecule has 9 heteroatoms. The van der Waals surface area contributed by atoms with Crippen LogP contribution >= 0.6 is 0 Å². The van der Waals surface area contributed by atoms with Crippen LogP contribution < -0.4 is 21.5 Å². The van der Waals surface area contributed by atoms with Crippen molar-refractivity contribution >= 4 is 34.2 Å². The number of aromatic amines is 1. The number of nitrogens with two attached hydrogens (primary N) is 2. The SMILES string of the molecule is COc1ccc2[nH]nc(C(=O)Nc3ccc(C(C)=NN=C(N)N)cc3)c2c1. The van der Waals surface area contributed by atoms with Crippen LogP contribution in [0.4, 0.5) is 5.69 Å². The highest BCUT2D eigenvalue weighted by Gasteiger charge is 2.15. The number of carbonyl (C=O) groups is 1. The number of fused-ring (bicyclic) bond motifs is 1. The Labute approximate surface area is 155 Å². The first-order valence-electron chi connectivity index (χ1n) is 8.05. The standard InChI is InChI=1S/C18H19N7O2/c1-10(22-25-18(19)20)11-3-5-12(6-4-11)21-17(26)16-14-9-13(27-2)7-8-15(14)23-24-16/h3-9H,1-2H3,(H,21,26)(H,23,24)(H4,19,20,25). The Kier molecular flexibility index (Phi) is 5.02. The first-order valence-corrected chi connectivity index (χ1v) is 8.05. The minimum Gasteiger partial charge on any atom is -0.497 e. The molecule has 0 bridgehead atoms. The van der Waals surface area contributed by atoms with Gasteiger partial charge in [0.1, 0.15) is 5.75 Å². The molecule has 0 aliphatic rings. The number of nitrogens with zero attached hydrogens (tertiary/aromatic N) is 3. The van der Waals surface area contributed by atoms with Crippen molar-refractivity contribution in [3.8, 4) is 5.75 Å². The second-order valence-electron chi connectivity index (χ2n) is 5.73. The number of H-pyrrole nitrogens is 1. The average molecular weight is 365 g/mol. The third kappa shape index (κ3) is 4.03. The molecule has 9 nitrogen and oxygen atoms in total. The summed E-state index contributed by atoms with van der Waals surface area (Å²) < 4.78 is 5.21. The Bertz CT molecular complexity index is 1030. The molecule has 0 saturated heterocycles. The van der Waals surface area contributed by atoms with Crippen molar-refractivity contribution in [2.24, 2.45) is 21.7 Å². The molecule has 6 N–H and O–H groups in total. The molecule has 0 aliphatic heterocycles. The van der Waals surface area contributed by atoms with E-state index in [0.29, 0.717) is 28.2 Å². The van der Waals surface area contributed by atoms with Crippen molar-refractivity contribution in [3.05, 3.63) is 53.7 Å². The van der Waals surface area contributed by atoms with Crippen LogP contribution in [0.25, 0.3) is 10.9 Å². The number of nitrogens with one attached hydrogen (secondary N) is 2. The van der Waals surface area contributed by atoms with Crippen LogP contribution in [0.1, 0.15) is 23.0 Å². The van der Waals surface area contributed by atoms with Gasteiger partial charge in [-0.15, -0.1) is 5.10 Å². The van der Waals surface area contributed by atoms with Gasteiger partial charge in [-0.2, -0.15) is 10.2 Å². The number of amides is 1. The second-order valence-corrected chi connectivity index (χ2v) is 5.73. The fourth-order valence-electron chi connectivity index (χ4n) is 2.47. The fourth-order valence-corrected chi connectivity index (χ4v) is 2.47. The molecule has 0 aliphatic carbocycles. The molecule has 3 rings (SSSR count). The summed E-state index contributed by atoms with van der Waals surface area (Å²) in [6.45, 7) is 1.78. The summed E-state index contributed by atoms with van der Waals surface area (Å²) in [7, 11) is 1.57. The van der Waals surface area contributed by atoms with Crippen LogP contribution in [0.3, 0.4) is 0 Å². The second kappa shape index (κ2) is 7.56. The van der Waals surface area contributed by atoms with E-state index >= 15 is 0 Å². The van der Waals surface area contributed by atoms with Crippen LogP contribution in [-0.2, 0) is 0 Å². The molecule has 0 atom stereocenters. The molecule has 0 spiro atoms. The number of guanidine groups is 1. The summed E-state index contributed by atoms with van der Waals surface area (Å²) >= 11 is 0. The van der Waals surface area contributed by atoms with Crippen molar-refractivity contribution in [2.75, 3.05) is 12.4 Å². The molecule has 1 aromatic heterocycles. The Morgan fingerprint density at radius 2 is 1.89 bits per heavy atom. The van der Waals surface area contributed by atoms with Gasteiger partial charge in [0, 0.05) is 11.1 Å². The Hall–Kier alpha value is -3.88. The lowest BCUT2D eigenvalue weighted by molar-refractivity contribution is 0.102. The van der Waals surface area contributed by atoms with Gasteiger partial charge < -0.3 is 21.5 Å². The van der Waals surface area contributed by atoms with Gasteiger partial charge in [0.05, 0.1) is 18.3 Å². The van der Waals surface area contributed by atoms with Crippen LogP contribution in [0.15, 0.2) is 52.7 Å². The van der Waals surface area contributed by atoms with E-state index in [1.54, 1.807) is 38.3 Å². The van der Waals surface area contributed by atoms with Crippen molar-refractivity contribution in [2.45, 2.75) is 6.92 Å². The molecular weight excluding hydrogens is 346 g/mol. The maximum absolute atomic E-state index is 12.6. The molecule has 2 aromatic carbocycles. The quantitative estimate of drug-likeness (QED) is 0.310. The van der Waals surface area contributed by atoms with Crippen LogP contribution in [0.2, 0.25) is 0 Å². The van der Waals surface area contributed by atoms with Crippen molar-refractivity contribution < 1.29 is 9.53 Å². The van der Waals surface area contributed by atoms with Gasteiger partial charge >= 0.3 is 0 Å². The number of benzene rings is 2. The highest BCUT2D eigenvalue weighted by molar-refractivity contribution is 6.11. The Balaban J connectivity index is 1.79. The zero-order valence-corrected chi connectivity index (χ0v) is 14.9. The van der Waals surface area contributed by atoms with Gasteiger partial charge in [-0.05, 0) is 42.8 Å². The number of ether oxygens (including phenoxy) is 1. The number of carbonyl (C=O) groups excluding carboxylic acids is 1. The summed E-state index contributed by atoms with van der Waals surface area (Å²) in [4.78, 5) is 12.6. The maximum atomic E-state index is 12.6. The van der Waals surface area contributed by atoms with Crippen molar-refractivity contribution in [1.29, 1.82) is 0 Å². The summed E-state index contributed by atoms with van der Waals surface area (Å²) in [6.07, 6.45) is 0. The molecule has 27 heavy (non-hydrogen) atoms. The zero-order chi connectivity index (χ0) is 19.4. The number of hydrogen-bond acceptors (Lipinski definition) is 5. The number of rotatable bonds is 5. The predicted molar refractivity (Wildman–Crippen MR) is 105 cm³/mol. The van der Waals surface area contributed by atoms with E-state index in [9.17, 15) is 4.79 Å². The normalized spacial score (nSPS) is 11.3. The molecular formula is C18H19N7O2. The van der Waals surface area contributed by atoms with E-state index in [1.165, 1.54) is 0 Å². The summed E-state index contributed by atoms with van der Waals surface area (Å²) in [5.74, 6) is 0.215. The lowest BCUT2D eigenvalue weighted by Gasteiger charge is -2.05. The monoisotopic (exact) mass is 365 g/mol. The number of methoxy groups -OCH3 is 1. The molecule has 138 valence electrons. The van der Waals surface area contributed by atoms with E-state index < -0.39 is 0 Å². The first-order chi connectivity index (χ1) is 13.0.